The lowest BCUT2D eigenvalue weighted by molar-refractivity contribution is 0.265. The Bertz CT molecular complexity index is 746. The third kappa shape index (κ3) is 6.46. The Balaban J connectivity index is 1.89. The summed E-state index contributed by atoms with van der Waals surface area (Å²) in [6.07, 6.45) is 0. The van der Waals surface area contributed by atoms with Crippen molar-refractivity contribution in [3.8, 4) is 0 Å². The van der Waals surface area contributed by atoms with Crippen molar-refractivity contribution >= 4 is 16.0 Å². The van der Waals surface area contributed by atoms with E-state index in [9.17, 15) is 8.42 Å². The number of benzene rings is 1. The van der Waals surface area contributed by atoms with Crippen LogP contribution in [0.1, 0.15) is 33.3 Å². The summed E-state index contributed by atoms with van der Waals surface area (Å²) in [6.45, 7) is 14.1. The molecule has 2 unspecified atom stereocenters. The molecule has 158 valence electrons. The van der Waals surface area contributed by atoms with Crippen LogP contribution < -0.4 is 15.4 Å². The number of aliphatic imine (C=N–C) groups is 1. The fourth-order valence-electron chi connectivity index (χ4n) is 3.26. The smallest absolute Gasteiger partial charge is 0.240 e. The molecule has 1 heterocycles. The van der Waals surface area contributed by atoms with Gasteiger partial charge in [-0.15, -0.1) is 0 Å². The van der Waals surface area contributed by atoms with Gasteiger partial charge in [-0.25, -0.2) is 13.1 Å². The number of hydrogen-bond donors (Lipinski definition) is 3. The Labute approximate surface area is 170 Å². The molecule has 0 aliphatic carbocycles. The third-order valence-electron chi connectivity index (χ3n) is 5.04. The Morgan fingerprint density at radius 1 is 1.25 bits per heavy atom. The minimum absolute atomic E-state index is 0.255. The van der Waals surface area contributed by atoms with Crippen LogP contribution in [-0.2, 0) is 10.0 Å². The van der Waals surface area contributed by atoms with E-state index in [1.807, 2.05) is 13.8 Å². The molecule has 3 N–H and O–H groups in total. The van der Waals surface area contributed by atoms with Crippen LogP contribution in [0.4, 0.5) is 0 Å². The summed E-state index contributed by atoms with van der Waals surface area (Å²) in [5.74, 6) is 1.27. The number of rotatable bonds is 8. The van der Waals surface area contributed by atoms with Gasteiger partial charge in [0.25, 0.3) is 0 Å². The minimum atomic E-state index is -3.50. The summed E-state index contributed by atoms with van der Waals surface area (Å²) in [5, 5.41) is 6.76. The normalized spacial score (nSPS) is 21.3. The standard InChI is InChI=1S/C20H35N5O2S/c1-6-21-20(24-19-14-25(15(2)3)13-17(19)5)22-11-12-23-28(26,27)18-9-7-16(4)8-10-18/h7-10,15,17,19,23H,6,11-14H2,1-5H3,(H2,21,22,24). The van der Waals surface area contributed by atoms with Crippen LogP contribution in [0, 0.1) is 12.8 Å². The van der Waals surface area contributed by atoms with Crippen molar-refractivity contribution in [2.24, 2.45) is 10.9 Å². The van der Waals surface area contributed by atoms with E-state index in [-0.39, 0.29) is 11.4 Å². The molecule has 0 aromatic heterocycles. The maximum absolute atomic E-state index is 12.3. The molecule has 2 rings (SSSR count). The lowest BCUT2D eigenvalue weighted by Crippen LogP contribution is -2.47. The molecule has 1 aromatic carbocycles. The van der Waals surface area contributed by atoms with Crippen LogP contribution in [0.15, 0.2) is 34.2 Å². The highest BCUT2D eigenvalue weighted by molar-refractivity contribution is 7.89. The topological polar surface area (TPSA) is 85.8 Å². The summed E-state index contributed by atoms with van der Waals surface area (Å²) in [4.78, 5) is 7.28. The molecule has 1 aliphatic rings. The highest BCUT2D eigenvalue weighted by Crippen LogP contribution is 2.18. The predicted octanol–water partition coefficient (Wildman–Crippen LogP) is 1.56. The van der Waals surface area contributed by atoms with Crippen molar-refractivity contribution in [1.82, 2.24) is 20.3 Å². The second-order valence-corrected chi connectivity index (χ2v) is 9.51. The zero-order valence-electron chi connectivity index (χ0n) is 17.7. The summed E-state index contributed by atoms with van der Waals surface area (Å²) >= 11 is 0. The van der Waals surface area contributed by atoms with Crippen LogP contribution in [0.25, 0.3) is 0 Å². The molecule has 1 aliphatic heterocycles. The van der Waals surface area contributed by atoms with Gasteiger partial charge in [-0.2, -0.15) is 0 Å². The Hall–Kier alpha value is -1.64. The molecule has 2 atom stereocenters. The molecule has 1 aromatic rings. The lowest BCUT2D eigenvalue weighted by atomic mass is 10.1. The molecular weight excluding hydrogens is 374 g/mol. The van der Waals surface area contributed by atoms with Gasteiger partial charge in [-0.05, 0) is 45.7 Å². The van der Waals surface area contributed by atoms with Gasteiger partial charge in [-0.1, -0.05) is 24.6 Å². The number of nitrogens with zero attached hydrogens (tertiary/aromatic N) is 2. The van der Waals surface area contributed by atoms with E-state index in [1.54, 1.807) is 24.3 Å². The maximum Gasteiger partial charge on any atom is 0.240 e. The van der Waals surface area contributed by atoms with Gasteiger partial charge >= 0.3 is 0 Å². The van der Waals surface area contributed by atoms with Crippen LogP contribution in [-0.4, -0.2) is 64.1 Å². The highest BCUT2D eigenvalue weighted by atomic mass is 32.2. The van der Waals surface area contributed by atoms with E-state index in [1.165, 1.54) is 0 Å². The van der Waals surface area contributed by atoms with Gasteiger partial charge in [0.2, 0.25) is 10.0 Å². The Morgan fingerprint density at radius 3 is 2.50 bits per heavy atom. The number of likely N-dealkylation sites (tertiary alicyclic amines) is 1. The van der Waals surface area contributed by atoms with Crippen molar-refractivity contribution < 1.29 is 8.42 Å². The van der Waals surface area contributed by atoms with Crippen LogP contribution in [0.2, 0.25) is 0 Å². The summed E-state index contributed by atoms with van der Waals surface area (Å²) in [5.41, 5.74) is 1.03. The van der Waals surface area contributed by atoms with Gasteiger partial charge in [0.15, 0.2) is 5.96 Å². The van der Waals surface area contributed by atoms with Crippen LogP contribution in [0.3, 0.4) is 0 Å². The van der Waals surface area contributed by atoms with Crippen molar-refractivity contribution in [2.45, 2.75) is 51.6 Å². The minimum Gasteiger partial charge on any atom is -0.357 e. The number of aryl methyl sites for hydroxylation is 1. The number of hydrogen-bond acceptors (Lipinski definition) is 4. The summed E-state index contributed by atoms with van der Waals surface area (Å²) in [7, 11) is -3.50. The maximum atomic E-state index is 12.3. The monoisotopic (exact) mass is 409 g/mol. The van der Waals surface area contributed by atoms with Crippen molar-refractivity contribution in [2.75, 3.05) is 32.7 Å². The molecule has 0 amide bonds. The van der Waals surface area contributed by atoms with Crippen LogP contribution in [0.5, 0.6) is 0 Å². The van der Waals surface area contributed by atoms with E-state index < -0.39 is 10.0 Å². The molecule has 1 fully saturated rings. The molecule has 1 saturated heterocycles. The zero-order chi connectivity index (χ0) is 20.7. The Kier molecular flexibility index (Phi) is 8.27. The highest BCUT2D eigenvalue weighted by Gasteiger charge is 2.31. The first-order valence-electron chi connectivity index (χ1n) is 10.1. The fraction of sp³-hybridized carbons (Fsp3) is 0.650. The Morgan fingerprint density at radius 2 is 1.93 bits per heavy atom. The average molecular weight is 410 g/mol. The first kappa shape index (κ1) is 22.6. The first-order valence-corrected chi connectivity index (χ1v) is 11.6. The molecule has 0 bridgehead atoms. The van der Waals surface area contributed by atoms with E-state index in [4.69, 9.17) is 0 Å². The number of sulfonamides is 1. The van der Waals surface area contributed by atoms with Gasteiger partial charge in [0.05, 0.1) is 11.4 Å². The van der Waals surface area contributed by atoms with E-state index in [0.29, 0.717) is 24.5 Å². The molecule has 28 heavy (non-hydrogen) atoms. The predicted molar refractivity (Wildman–Crippen MR) is 115 cm³/mol. The molecule has 0 radical (unpaired) electrons. The lowest BCUT2D eigenvalue weighted by Gasteiger charge is -2.22. The SMILES string of the molecule is CCNC(=NCCNS(=O)(=O)c1ccc(C)cc1)NC1CN(C(C)C)CC1C. The summed E-state index contributed by atoms with van der Waals surface area (Å²) < 4.78 is 27.3. The largest absolute Gasteiger partial charge is 0.357 e. The van der Waals surface area contributed by atoms with Crippen molar-refractivity contribution in [1.29, 1.82) is 0 Å². The molecule has 0 spiro atoms. The van der Waals surface area contributed by atoms with Gasteiger partial charge < -0.3 is 10.6 Å². The van der Waals surface area contributed by atoms with Crippen molar-refractivity contribution in [3.63, 3.8) is 0 Å². The second-order valence-electron chi connectivity index (χ2n) is 7.75. The fourth-order valence-corrected chi connectivity index (χ4v) is 4.28. The molecular formula is C20H35N5O2S. The quantitative estimate of drug-likeness (QED) is 0.345. The van der Waals surface area contributed by atoms with Gasteiger partial charge in [-0.3, -0.25) is 9.89 Å². The third-order valence-corrected chi connectivity index (χ3v) is 6.52. The second kappa shape index (κ2) is 10.2. The number of nitrogens with one attached hydrogen (secondary N) is 3. The van der Waals surface area contributed by atoms with E-state index in [0.717, 1.165) is 31.2 Å². The average Bonchev–Trinajstić information content (AvgIpc) is 3.00. The van der Waals surface area contributed by atoms with E-state index in [2.05, 4.69) is 46.0 Å². The first-order chi connectivity index (χ1) is 13.2. The van der Waals surface area contributed by atoms with Crippen LogP contribution >= 0.6 is 0 Å². The molecule has 7 nitrogen and oxygen atoms in total. The number of guanidine groups is 1. The molecule has 8 heteroatoms. The van der Waals surface area contributed by atoms with Gasteiger partial charge in [0.1, 0.15) is 0 Å². The van der Waals surface area contributed by atoms with Crippen molar-refractivity contribution in [3.05, 3.63) is 29.8 Å². The molecule has 0 saturated carbocycles. The van der Waals surface area contributed by atoms with E-state index >= 15 is 0 Å². The van der Waals surface area contributed by atoms with Gasteiger partial charge in [0, 0.05) is 38.3 Å². The summed E-state index contributed by atoms with van der Waals surface area (Å²) in [6, 6.07) is 7.70. The zero-order valence-corrected chi connectivity index (χ0v) is 18.5.